The van der Waals surface area contributed by atoms with Crippen molar-refractivity contribution in [1.82, 2.24) is 0 Å². The molecule has 0 radical (unpaired) electrons. The second-order valence-corrected chi connectivity index (χ2v) is 8.33. The predicted molar refractivity (Wildman–Crippen MR) is 119 cm³/mol. The van der Waals surface area contributed by atoms with Crippen molar-refractivity contribution in [3.8, 4) is 28.0 Å². The van der Waals surface area contributed by atoms with Gasteiger partial charge >= 0.3 is 0 Å². The van der Waals surface area contributed by atoms with Gasteiger partial charge in [-0.05, 0) is 66.0 Å². The van der Waals surface area contributed by atoms with Gasteiger partial charge in [-0.1, -0.05) is 68.3 Å². The molecule has 0 N–H and O–H groups in total. The molecule has 30 heavy (non-hydrogen) atoms. The zero-order chi connectivity index (χ0) is 21.1. The van der Waals surface area contributed by atoms with E-state index in [2.05, 4.69) is 31.2 Å². The zero-order valence-corrected chi connectivity index (χ0v) is 17.6. The first-order valence-corrected chi connectivity index (χ1v) is 10.9. The van der Waals surface area contributed by atoms with Crippen molar-refractivity contribution < 1.29 is 13.5 Å². The van der Waals surface area contributed by atoms with Crippen LogP contribution in [0, 0.1) is 17.6 Å². The first kappa shape index (κ1) is 20.6. The van der Waals surface area contributed by atoms with Gasteiger partial charge in [-0.2, -0.15) is 4.39 Å². The van der Waals surface area contributed by atoms with Crippen LogP contribution < -0.4 is 4.74 Å². The Balaban J connectivity index is 1.52. The number of halogens is 2. The van der Waals surface area contributed by atoms with E-state index in [0.29, 0.717) is 18.1 Å². The van der Waals surface area contributed by atoms with Crippen LogP contribution in [0.1, 0.15) is 51.0 Å². The fraction of sp³-hybridized carbons (Fsp3) is 0.333. The average molecular weight is 407 g/mol. The third-order valence-corrected chi connectivity index (χ3v) is 6.27. The molecule has 3 aromatic carbocycles. The van der Waals surface area contributed by atoms with Crippen molar-refractivity contribution in [2.24, 2.45) is 5.92 Å². The Morgan fingerprint density at radius 3 is 1.90 bits per heavy atom. The lowest BCUT2D eigenvalue weighted by molar-refractivity contribution is 0.314. The smallest absolute Gasteiger partial charge is 0.201 e. The highest BCUT2D eigenvalue weighted by Crippen LogP contribution is 2.36. The summed E-state index contributed by atoms with van der Waals surface area (Å²) in [6.45, 7) is 4.38. The van der Waals surface area contributed by atoms with E-state index in [-0.39, 0.29) is 11.3 Å². The summed E-state index contributed by atoms with van der Waals surface area (Å²) in [6, 6.07) is 19.5. The Morgan fingerprint density at radius 2 is 1.30 bits per heavy atom. The first-order chi connectivity index (χ1) is 14.6. The Hall–Kier alpha value is -2.68. The molecule has 0 bridgehead atoms. The van der Waals surface area contributed by atoms with E-state index in [4.69, 9.17) is 4.74 Å². The maximum Gasteiger partial charge on any atom is 0.201 e. The van der Waals surface area contributed by atoms with Crippen LogP contribution in [-0.4, -0.2) is 6.61 Å². The van der Waals surface area contributed by atoms with Crippen LogP contribution in [0.2, 0.25) is 0 Å². The van der Waals surface area contributed by atoms with Gasteiger partial charge in [0, 0.05) is 5.56 Å². The van der Waals surface area contributed by atoms with Gasteiger partial charge in [0.1, 0.15) is 0 Å². The summed E-state index contributed by atoms with van der Waals surface area (Å²) in [5, 5.41) is 0. The molecule has 3 heteroatoms. The molecule has 0 spiro atoms. The van der Waals surface area contributed by atoms with Crippen LogP contribution in [0.25, 0.3) is 22.3 Å². The Bertz CT molecular complexity index is 985. The topological polar surface area (TPSA) is 9.23 Å². The summed E-state index contributed by atoms with van der Waals surface area (Å²) in [7, 11) is 0. The van der Waals surface area contributed by atoms with E-state index < -0.39 is 11.6 Å². The van der Waals surface area contributed by atoms with Crippen LogP contribution >= 0.6 is 0 Å². The Morgan fingerprint density at radius 1 is 0.733 bits per heavy atom. The molecule has 0 aromatic heterocycles. The number of ether oxygens (including phenoxy) is 1. The fourth-order valence-corrected chi connectivity index (χ4v) is 4.41. The van der Waals surface area contributed by atoms with Gasteiger partial charge in [0.25, 0.3) is 0 Å². The summed E-state index contributed by atoms with van der Waals surface area (Å²) in [5.74, 6) is -0.336. The normalized spacial score (nSPS) is 18.9. The second-order valence-electron chi connectivity index (χ2n) is 8.33. The van der Waals surface area contributed by atoms with E-state index in [0.717, 1.165) is 17.0 Å². The largest absolute Gasteiger partial charge is 0.491 e. The average Bonchev–Trinajstić information content (AvgIpc) is 2.78. The molecule has 156 valence electrons. The van der Waals surface area contributed by atoms with Gasteiger partial charge < -0.3 is 4.74 Å². The van der Waals surface area contributed by atoms with E-state index in [1.165, 1.54) is 37.3 Å². The molecule has 3 aromatic rings. The number of hydrogen-bond donors (Lipinski definition) is 0. The van der Waals surface area contributed by atoms with Crippen molar-refractivity contribution in [3.05, 3.63) is 77.9 Å². The van der Waals surface area contributed by atoms with Crippen LogP contribution in [0.3, 0.4) is 0 Å². The van der Waals surface area contributed by atoms with Crippen LogP contribution in [0.4, 0.5) is 8.78 Å². The molecular formula is C27H28F2O. The Kier molecular flexibility index (Phi) is 6.17. The predicted octanol–water partition coefficient (Wildman–Crippen LogP) is 7.99. The molecule has 4 rings (SSSR count). The van der Waals surface area contributed by atoms with Crippen LogP contribution in [-0.2, 0) is 0 Å². The highest BCUT2D eigenvalue weighted by atomic mass is 19.2. The third-order valence-electron chi connectivity index (χ3n) is 6.27. The molecular weight excluding hydrogens is 378 g/mol. The van der Waals surface area contributed by atoms with Gasteiger partial charge in [0.2, 0.25) is 5.82 Å². The molecule has 0 atom stereocenters. The quantitative estimate of drug-likeness (QED) is 0.417. The lowest BCUT2D eigenvalue weighted by atomic mass is 9.79. The molecule has 1 fully saturated rings. The van der Waals surface area contributed by atoms with Crippen LogP contribution in [0.15, 0.2) is 60.7 Å². The van der Waals surface area contributed by atoms with Crippen molar-refractivity contribution in [2.75, 3.05) is 6.61 Å². The molecule has 0 heterocycles. The van der Waals surface area contributed by atoms with E-state index in [1.807, 2.05) is 24.3 Å². The standard InChI is InChI=1S/C27H28F2O/c1-3-30-25-17-16-24(26(28)27(25)29)23-14-12-22(13-15-23)21-10-8-20(9-11-21)19-6-4-18(2)5-7-19/h8-19H,3-7H2,1-2H3. The van der Waals surface area contributed by atoms with Gasteiger partial charge in [0.15, 0.2) is 11.6 Å². The van der Waals surface area contributed by atoms with Crippen molar-refractivity contribution in [3.63, 3.8) is 0 Å². The van der Waals surface area contributed by atoms with Gasteiger partial charge in [0.05, 0.1) is 6.61 Å². The van der Waals surface area contributed by atoms with Crippen molar-refractivity contribution in [1.29, 1.82) is 0 Å². The number of rotatable bonds is 5. The highest BCUT2D eigenvalue weighted by molar-refractivity contribution is 5.71. The van der Waals surface area contributed by atoms with Gasteiger partial charge in [-0.15, -0.1) is 0 Å². The first-order valence-electron chi connectivity index (χ1n) is 10.9. The lowest BCUT2D eigenvalue weighted by Gasteiger charge is -2.26. The summed E-state index contributed by atoms with van der Waals surface area (Å²) in [6.07, 6.45) is 5.19. The van der Waals surface area contributed by atoms with Gasteiger partial charge in [-0.3, -0.25) is 0 Å². The second kappa shape index (κ2) is 8.99. The van der Waals surface area contributed by atoms with Crippen LogP contribution in [0.5, 0.6) is 5.75 Å². The minimum absolute atomic E-state index is 0.0529. The minimum atomic E-state index is -0.939. The van der Waals surface area contributed by atoms with E-state index in [1.54, 1.807) is 13.0 Å². The molecule has 1 nitrogen and oxygen atoms in total. The minimum Gasteiger partial charge on any atom is -0.491 e. The van der Waals surface area contributed by atoms with Gasteiger partial charge in [-0.25, -0.2) is 4.39 Å². The molecule has 0 saturated heterocycles. The maximum absolute atomic E-state index is 14.5. The summed E-state index contributed by atoms with van der Waals surface area (Å²) >= 11 is 0. The maximum atomic E-state index is 14.5. The SMILES string of the molecule is CCOc1ccc(-c2ccc(-c3ccc(C4CCC(C)CC4)cc3)cc2)c(F)c1F. The molecule has 1 saturated carbocycles. The lowest BCUT2D eigenvalue weighted by Crippen LogP contribution is -2.10. The molecule has 1 aliphatic carbocycles. The summed E-state index contributed by atoms with van der Waals surface area (Å²) < 4.78 is 33.8. The zero-order valence-electron chi connectivity index (χ0n) is 17.6. The number of hydrogen-bond acceptors (Lipinski definition) is 1. The van der Waals surface area contributed by atoms with Crippen molar-refractivity contribution in [2.45, 2.75) is 45.4 Å². The molecule has 0 amide bonds. The van der Waals surface area contributed by atoms with E-state index in [9.17, 15) is 8.78 Å². The summed E-state index contributed by atoms with van der Waals surface area (Å²) in [4.78, 5) is 0. The highest BCUT2D eigenvalue weighted by Gasteiger charge is 2.19. The fourth-order valence-electron chi connectivity index (χ4n) is 4.41. The monoisotopic (exact) mass is 406 g/mol. The molecule has 0 unspecified atom stereocenters. The van der Waals surface area contributed by atoms with Crippen molar-refractivity contribution >= 4 is 0 Å². The third kappa shape index (κ3) is 4.26. The molecule has 1 aliphatic rings. The Labute approximate surface area is 177 Å². The summed E-state index contributed by atoms with van der Waals surface area (Å²) in [5.41, 5.74) is 4.51. The van der Waals surface area contributed by atoms with E-state index >= 15 is 0 Å². The molecule has 0 aliphatic heterocycles. The number of benzene rings is 3.